The van der Waals surface area contributed by atoms with Gasteiger partial charge in [-0.05, 0) is 37.5 Å². The highest BCUT2D eigenvalue weighted by Crippen LogP contribution is 2.26. The second kappa shape index (κ2) is 9.53. The van der Waals surface area contributed by atoms with Gasteiger partial charge in [-0.1, -0.05) is 61.7 Å². The number of anilines is 1. The topological polar surface area (TPSA) is 19.4 Å². The van der Waals surface area contributed by atoms with Crippen LogP contribution in [0.25, 0.3) is 6.08 Å². The van der Waals surface area contributed by atoms with Crippen molar-refractivity contribution in [3.8, 4) is 0 Å². The zero-order valence-corrected chi connectivity index (χ0v) is 18.9. The van der Waals surface area contributed by atoms with E-state index >= 15 is 0 Å². The first-order valence-corrected chi connectivity index (χ1v) is 14.2. The van der Waals surface area contributed by atoms with Crippen molar-refractivity contribution in [1.29, 1.82) is 0 Å². The van der Waals surface area contributed by atoms with E-state index in [0.717, 1.165) is 32.0 Å². The number of benzene rings is 1. The monoisotopic (exact) mass is 393 g/mol. The number of hydrogen-bond donors (Lipinski definition) is 0. The quantitative estimate of drug-likeness (QED) is 0.582. The molecule has 4 heteroatoms. The molecule has 1 aromatic heterocycles. The van der Waals surface area contributed by atoms with Gasteiger partial charge in [0, 0.05) is 44.0 Å². The van der Waals surface area contributed by atoms with Crippen LogP contribution in [0.3, 0.4) is 0 Å². The summed E-state index contributed by atoms with van der Waals surface area (Å²) in [7, 11) is -1.23. The summed E-state index contributed by atoms with van der Waals surface area (Å²) in [6.45, 7) is 13.8. The first kappa shape index (κ1) is 20.8. The lowest BCUT2D eigenvalue weighted by Gasteiger charge is -2.39. The van der Waals surface area contributed by atoms with Crippen molar-refractivity contribution in [2.75, 3.05) is 24.5 Å². The molecule has 0 unspecified atom stereocenters. The summed E-state index contributed by atoms with van der Waals surface area (Å²) in [5.41, 5.74) is 5.10. The molecule has 1 fully saturated rings. The van der Waals surface area contributed by atoms with Crippen molar-refractivity contribution in [3.05, 3.63) is 65.5 Å². The number of piperidine rings is 1. The molecular formula is C24H35N3Si. The van der Waals surface area contributed by atoms with E-state index in [-0.39, 0.29) is 0 Å². The maximum atomic E-state index is 4.79. The van der Waals surface area contributed by atoms with Crippen LogP contribution in [0.1, 0.15) is 30.9 Å². The molecule has 3 rings (SSSR count). The number of nitrogens with zero attached hydrogens (tertiary/aromatic N) is 3. The second-order valence-corrected chi connectivity index (χ2v) is 14.0. The van der Waals surface area contributed by atoms with Crippen LogP contribution in [-0.2, 0) is 6.54 Å². The van der Waals surface area contributed by atoms with Gasteiger partial charge >= 0.3 is 0 Å². The average Bonchev–Trinajstić information content (AvgIpc) is 2.69. The molecule has 28 heavy (non-hydrogen) atoms. The zero-order valence-electron chi connectivity index (χ0n) is 17.9. The normalized spacial score (nSPS) is 16.6. The molecule has 0 aliphatic carbocycles. The lowest BCUT2D eigenvalue weighted by atomic mass is 10.0. The number of aromatic nitrogens is 1. The van der Waals surface area contributed by atoms with Gasteiger partial charge in [-0.15, -0.1) is 0 Å². The molecule has 2 heterocycles. The molecule has 1 saturated heterocycles. The van der Waals surface area contributed by atoms with Gasteiger partial charge in [0.05, 0.1) is 8.07 Å². The minimum absolute atomic E-state index is 0.575. The molecule has 0 spiro atoms. The van der Waals surface area contributed by atoms with Crippen LogP contribution in [0.5, 0.6) is 0 Å². The van der Waals surface area contributed by atoms with E-state index in [4.69, 9.17) is 4.98 Å². The molecule has 0 bridgehead atoms. The van der Waals surface area contributed by atoms with E-state index in [1.54, 1.807) is 0 Å². The van der Waals surface area contributed by atoms with Crippen LogP contribution in [-0.4, -0.2) is 43.6 Å². The molecule has 2 aromatic rings. The zero-order chi connectivity index (χ0) is 20.0. The van der Waals surface area contributed by atoms with Crippen molar-refractivity contribution < 1.29 is 0 Å². The van der Waals surface area contributed by atoms with Crippen LogP contribution < -0.4 is 4.90 Å². The summed E-state index contributed by atoms with van der Waals surface area (Å²) in [5, 5.41) is 0. The molecule has 0 saturated carbocycles. The third-order valence-electron chi connectivity index (χ3n) is 5.44. The van der Waals surface area contributed by atoms with Gasteiger partial charge in [0.1, 0.15) is 5.82 Å². The van der Waals surface area contributed by atoms with Gasteiger partial charge in [-0.3, -0.25) is 4.90 Å². The Balaban J connectivity index is 1.67. The van der Waals surface area contributed by atoms with Crippen LogP contribution >= 0.6 is 0 Å². The van der Waals surface area contributed by atoms with E-state index in [9.17, 15) is 0 Å². The van der Waals surface area contributed by atoms with Crippen molar-refractivity contribution >= 4 is 20.0 Å². The molecule has 3 nitrogen and oxygen atoms in total. The Morgan fingerprint density at radius 3 is 2.43 bits per heavy atom. The van der Waals surface area contributed by atoms with Gasteiger partial charge in [0.25, 0.3) is 0 Å². The molecule has 0 radical (unpaired) electrons. The van der Waals surface area contributed by atoms with Crippen LogP contribution in [0, 0.1) is 0 Å². The lowest BCUT2D eigenvalue weighted by Crippen LogP contribution is -2.45. The van der Waals surface area contributed by atoms with Crippen molar-refractivity contribution in [2.45, 2.75) is 52.0 Å². The second-order valence-electron chi connectivity index (χ2n) is 8.89. The van der Waals surface area contributed by atoms with E-state index in [1.165, 1.54) is 24.0 Å². The number of pyridine rings is 1. The van der Waals surface area contributed by atoms with Gasteiger partial charge < -0.3 is 4.90 Å². The van der Waals surface area contributed by atoms with Crippen molar-refractivity contribution in [1.82, 2.24) is 9.88 Å². The maximum absolute atomic E-state index is 4.79. The number of rotatable bonds is 7. The van der Waals surface area contributed by atoms with E-state index in [2.05, 4.69) is 90.6 Å². The van der Waals surface area contributed by atoms with Crippen LogP contribution in [0.15, 0.2) is 54.4 Å². The fourth-order valence-corrected chi connectivity index (χ4v) is 4.61. The summed E-state index contributed by atoms with van der Waals surface area (Å²) >= 11 is 0. The minimum Gasteiger partial charge on any atom is -0.353 e. The Morgan fingerprint density at radius 2 is 1.79 bits per heavy atom. The van der Waals surface area contributed by atoms with Gasteiger partial charge in [0.2, 0.25) is 0 Å². The predicted molar refractivity (Wildman–Crippen MR) is 124 cm³/mol. The Hall–Kier alpha value is -1.91. The highest BCUT2D eigenvalue weighted by molar-refractivity contribution is 6.81. The standard InChI is InChI=1S/C24H35N3Si/c1-5-27(24-22(12-9-16-25-24)15-19-28(2,3)4)23-13-17-26(18-14-23)20-21-10-7-6-8-11-21/h6-12,15-16,19,23H,5,13-14,17-18,20H2,1-4H3/b19-15+. The van der Waals surface area contributed by atoms with Crippen LogP contribution in [0.4, 0.5) is 5.82 Å². The fraction of sp³-hybridized carbons (Fsp3) is 0.458. The minimum atomic E-state index is -1.23. The highest BCUT2D eigenvalue weighted by Gasteiger charge is 2.25. The molecule has 1 aromatic carbocycles. The smallest absolute Gasteiger partial charge is 0.136 e. The largest absolute Gasteiger partial charge is 0.353 e. The average molecular weight is 394 g/mol. The Labute approximate surface area is 172 Å². The molecule has 0 N–H and O–H groups in total. The highest BCUT2D eigenvalue weighted by atomic mass is 28.3. The first-order valence-electron chi connectivity index (χ1n) is 10.6. The Bertz CT molecular complexity index is 759. The Morgan fingerprint density at radius 1 is 1.07 bits per heavy atom. The van der Waals surface area contributed by atoms with Crippen molar-refractivity contribution in [3.63, 3.8) is 0 Å². The van der Waals surface area contributed by atoms with E-state index in [0.29, 0.717) is 6.04 Å². The maximum Gasteiger partial charge on any atom is 0.136 e. The molecule has 1 aliphatic rings. The van der Waals surface area contributed by atoms with E-state index in [1.807, 2.05) is 6.20 Å². The third-order valence-corrected chi connectivity index (χ3v) is 6.61. The van der Waals surface area contributed by atoms with Gasteiger partial charge in [-0.25, -0.2) is 4.98 Å². The predicted octanol–water partition coefficient (Wildman–Crippen LogP) is 5.46. The molecule has 150 valence electrons. The van der Waals surface area contributed by atoms with E-state index < -0.39 is 8.07 Å². The number of hydrogen-bond acceptors (Lipinski definition) is 3. The summed E-state index contributed by atoms with van der Waals surface area (Å²) in [4.78, 5) is 9.91. The molecule has 0 atom stereocenters. The summed E-state index contributed by atoms with van der Waals surface area (Å²) in [6.07, 6.45) is 6.65. The Kier molecular flexibility index (Phi) is 7.08. The van der Waals surface area contributed by atoms with Crippen molar-refractivity contribution in [2.24, 2.45) is 0 Å². The SMILES string of the molecule is CCN(c1ncccc1/C=C/[Si](C)(C)C)C1CCN(Cc2ccccc2)CC1. The summed E-state index contributed by atoms with van der Waals surface area (Å²) in [5.74, 6) is 1.15. The van der Waals surface area contributed by atoms with Crippen LogP contribution in [0.2, 0.25) is 19.6 Å². The molecular weight excluding hydrogens is 358 g/mol. The summed E-state index contributed by atoms with van der Waals surface area (Å²) in [6, 6.07) is 15.7. The lowest BCUT2D eigenvalue weighted by molar-refractivity contribution is 0.201. The van der Waals surface area contributed by atoms with Gasteiger partial charge in [0.15, 0.2) is 0 Å². The molecule has 0 amide bonds. The molecule has 1 aliphatic heterocycles. The summed E-state index contributed by atoms with van der Waals surface area (Å²) < 4.78 is 0. The van der Waals surface area contributed by atoms with Gasteiger partial charge in [-0.2, -0.15) is 0 Å². The fourth-order valence-electron chi connectivity index (χ4n) is 3.93. The first-order chi connectivity index (χ1) is 13.5. The number of likely N-dealkylation sites (tertiary alicyclic amines) is 1. The third kappa shape index (κ3) is 5.79.